The van der Waals surface area contributed by atoms with Crippen molar-refractivity contribution in [2.75, 3.05) is 14.1 Å². The minimum Gasteiger partial charge on any atom is -0.285 e. The van der Waals surface area contributed by atoms with Gasteiger partial charge < -0.3 is 0 Å². The molecule has 0 aromatic heterocycles. The number of carbonyl (C=O) groups is 1. The molecule has 0 unspecified atom stereocenters. The number of halogens is 1. The summed E-state index contributed by atoms with van der Waals surface area (Å²) in [4.78, 5) is 21.4. The van der Waals surface area contributed by atoms with Crippen LogP contribution in [0, 0.1) is 10.1 Å². The summed E-state index contributed by atoms with van der Waals surface area (Å²) in [7, 11) is 3.32. The monoisotopic (exact) mass is 243 g/mol. The van der Waals surface area contributed by atoms with Gasteiger partial charge in [-0.05, 0) is 12.1 Å². The van der Waals surface area contributed by atoms with Gasteiger partial charge in [-0.2, -0.15) is 0 Å². The standard InChI is InChI=1S/C9H10ClN3O3/c1-12(2)11-9(14)6-3-4-8(13(15)16)7(10)5-6/h3-5H,1-2H3,(H,11,14). The van der Waals surface area contributed by atoms with Crippen molar-refractivity contribution >= 4 is 23.2 Å². The molecule has 1 N–H and O–H groups in total. The van der Waals surface area contributed by atoms with E-state index in [1.807, 2.05) is 0 Å². The molecule has 0 bridgehead atoms. The van der Waals surface area contributed by atoms with Gasteiger partial charge in [0, 0.05) is 25.7 Å². The second-order valence-corrected chi connectivity index (χ2v) is 3.67. The van der Waals surface area contributed by atoms with Crippen LogP contribution in [0.3, 0.4) is 0 Å². The minimum atomic E-state index is -0.601. The van der Waals surface area contributed by atoms with Gasteiger partial charge in [-0.25, -0.2) is 5.01 Å². The number of nitrogens with one attached hydrogen (secondary N) is 1. The summed E-state index contributed by atoms with van der Waals surface area (Å²) in [5.41, 5.74) is 2.55. The van der Waals surface area contributed by atoms with Crippen molar-refractivity contribution in [3.63, 3.8) is 0 Å². The van der Waals surface area contributed by atoms with Gasteiger partial charge in [0.1, 0.15) is 5.02 Å². The molecule has 0 heterocycles. The highest BCUT2D eigenvalue weighted by atomic mass is 35.5. The van der Waals surface area contributed by atoms with Crippen LogP contribution in [0.2, 0.25) is 5.02 Å². The Balaban J connectivity index is 2.97. The van der Waals surface area contributed by atoms with Crippen LogP contribution in [0.5, 0.6) is 0 Å². The highest BCUT2D eigenvalue weighted by Gasteiger charge is 2.15. The topological polar surface area (TPSA) is 75.5 Å². The van der Waals surface area contributed by atoms with E-state index in [-0.39, 0.29) is 22.2 Å². The summed E-state index contributed by atoms with van der Waals surface area (Å²) in [6.45, 7) is 0. The zero-order chi connectivity index (χ0) is 12.3. The van der Waals surface area contributed by atoms with E-state index < -0.39 is 4.92 Å². The first-order chi connectivity index (χ1) is 7.41. The van der Waals surface area contributed by atoms with Gasteiger partial charge in [-0.3, -0.25) is 20.3 Å². The number of amides is 1. The minimum absolute atomic E-state index is 0.0589. The molecular formula is C9H10ClN3O3. The number of rotatable bonds is 3. The molecule has 16 heavy (non-hydrogen) atoms. The summed E-state index contributed by atoms with van der Waals surface area (Å²) < 4.78 is 0. The normalized spacial score (nSPS) is 10.2. The molecule has 1 amide bonds. The lowest BCUT2D eigenvalue weighted by Gasteiger charge is -2.11. The van der Waals surface area contributed by atoms with Crippen LogP contribution in [0.25, 0.3) is 0 Å². The fourth-order valence-electron chi connectivity index (χ4n) is 1.06. The molecule has 0 aliphatic carbocycles. The number of nitro benzene ring substituents is 1. The number of hydrogen-bond acceptors (Lipinski definition) is 4. The molecule has 1 aromatic rings. The molecule has 0 aliphatic rings. The number of hydrazine groups is 1. The molecule has 0 saturated heterocycles. The van der Waals surface area contributed by atoms with Crippen LogP contribution in [0.4, 0.5) is 5.69 Å². The highest BCUT2D eigenvalue weighted by molar-refractivity contribution is 6.33. The molecule has 86 valence electrons. The van der Waals surface area contributed by atoms with Gasteiger partial charge in [-0.1, -0.05) is 11.6 Å². The van der Waals surface area contributed by atoms with E-state index in [0.717, 1.165) is 0 Å². The lowest BCUT2D eigenvalue weighted by atomic mass is 10.2. The van der Waals surface area contributed by atoms with Gasteiger partial charge in [-0.15, -0.1) is 0 Å². The van der Waals surface area contributed by atoms with Crippen LogP contribution in [-0.4, -0.2) is 29.9 Å². The van der Waals surface area contributed by atoms with E-state index in [1.54, 1.807) is 14.1 Å². The van der Waals surface area contributed by atoms with Gasteiger partial charge in [0.25, 0.3) is 11.6 Å². The Morgan fingerprint density at radius 2 is 2.12 bits per heavy atom. The molecule has 0 spiro atoms. The Labute approximate surface area is 96.9 Å². The molecule has 0 fully saturated rings. The molecule has 7 heteroatoms. The maximum Gasteiger partial charge on any atom is 0.287 e. The van der Waals surface area contributed by atoms with Crippen molar-refractivity contribution in [1.82, 2.24) is 10.4 Å². The van der Waals surface area contributed by atoms with Crippen molar-refractivity contribution in [1.29, 1.82) is 0 Å². The molecule has 1 aromatic carbocycles. The summed E-state index contributed by atoms with van der Waals surface area (Å²) in [6.07, 6.45) is 0. The van der Waals surface area contributed by atoms with Crippen molar-refractivity contribution in [3.05, 3.63) is 38.9 Å². The predicted molar refractivity (Wildman–Crippen MR) is 59.3 cm³/mol. The van der Waals surface area contributed by atoms with Gasteiger partial charge in [0.15, 0.2) is 0 Å². The summed E-state index contributed by atoms with van der Waals surface area (Å²) >= 11 is 5.67. The predicted octanol–water partition coefficient (Wildman–Crippen LogP) is 1.45. The van der Waals surface area contributed by atoms with E-state index in [0.29, 0.717) is 0 Å². The summed E-state index contributed by atoms with van der Waals surface area (Å²) in [6, 6.07) is 3.81. The Hall–Kier alpha value is -1.66. The second kappa shape index (κ2) is 4.91. The van der Waals surface area contributed by atoms with E-state index in [9.17, 15) is 14.9 Å². The Kier molecular flexibility index (Phi) is 3.81. The SMILES string of the molecule is CN(C)NC(=O)c1ccc([N+](=O)[O-])c(Cl)c1. The molecule has 0 aliphatic heterocycles. The first-order valence-electron chi connectivity index (χ1n) is 4.34. The van der Waals surface area contributed by atoms with Gasteiger partial charge in [0.2, 0.25) is 0 Å². The van der Waals surface area contributed by atoms with Crippen molar-refractivity contribution in [3.8, 4) is 0 Å². The Bertz CT molecular complexity index is 434. The summed E-state index contributed by atoms with van der Waals surface area (Å²) in [5.74, 6) is -0.373. The fourth-order valence-corrected chi connectivity index (χ4v) is 1.31. The largest absolute Gasteiger partial charge is 0.287 e. The van der Waals surface area contributed by atoms with Gasteiger partial charge in [0.05, 0.1) is 4.92 Å². The third-order valence-electron chi connectivity index (χ3n) is 1.73. The van der Waals surface area contributed by atoms with Gasteiger partial charge >= 0.3 is 0 Å². The fraction of sp³-hybridized carbons (Fsp3) is 0.222. The summed E-state index contributed by atoms with van der Waals surface area (Å²) in [5, 5.41) is 11.9. The first kappa shape index (κ1) is 12.4. The maximum absolute atomic E-state index is 11.5. The number of nitrogens with zero attached hydrogens (tertiary/aromatic N) is 2. The van der Waals surface area contributed by atoms with E-state index in [2.05, 4.69) is 5.43 Å². The van der Waals surface area contributed by atoms with Crippen LogP contribution in [0.1, 0.15) is 10.4 Å². The smallest absolute Gasteiger partial charge is 0.285 e. The zero-order valence-corrected chi connectivity index (χ0v) is 9.49. The average molecular weight is 244 g/mol. The molecular weight excluding hydrogens is 234 g/mol. The average Bonchev–Trinajstić information content (AvgIpc) is 2.15. The van der Waals surface area contributed by atoms with Crippen LogP contribution < -0.4 is 5.43 Å². The van der Waals surface area contributed by atoms with E-state index in [1.165, 1.54) is 23.2 Å². The second-order valence-electron chi connectivity index (χ2n) is 3.26. The van der Waals surface area contributed by atoms with Crippen LogP contribution >= 0.6 is 11.6 Å². The van der Waals surface area contributed by atoms with Crippen LogP contribution in [0.15, 0.2) is 18.2 Å². The number of nitro groups is 1. The molecule has 0 atom stereocenters. The van der Waals surface area contributed by atoms with Crippen LogP contribution in [-0.2, 0) is 0 Å². The lowest BCUT2D eigenvalue weighted by Crippen LogP contribution is -2.36. The molecule has 0 saturated carbocycles. The van der Waals surface area contributed by atoms with Crippen molar-refractivity contribution < 1.29 is 9.72 Å². The molecule has 1 rings (SSSR count). The quantitative estimate of drug-likeness (QED) is 0.644. The Morgan fingerprint density at radius 1 is 1.50 bits per heavy atom. The number of benzene rings is 1. The van der Waals surface area contributed by atoms with Crippen molar-refractivity contribution in [2.45, 2.75) is 0 Å². The number of hydrogen-bond donors (Lipinski definition) is 1. The number of carbonyl (C=O) groups excluding carboxylic acids is 1. The third-order valence-corrected chi connectivity index (χ3v) is 2.03. The van der Waals surface area contributed by atoms with Crippen molar-refractivity contribution in [2.24, 2.45) is 0 Å². The first-order valence-corrected chi connectivity index (χ1v) is 4.72. The Morgan fingerprint density at radius 3 is 2.56 bits per heavy atom. The third kappa shape index (κ3) is 2.91. The maximum atomic E-state index is 11.5. The lowest BCUT2D eigenvalue weighted by molar-refractivity contribution is -0.384. The molecule has 6 nitrogen and oxygen atoms in total. The van der Waals surface area contributed by atoms with E-state index >= 15 is 0 Å². The molecule has 0 radical (unpaired) electrons. The van der Waals surface area contributed by atoms with E-state index in [4.69, 9.17) is 11.6 Å². The highest BCUT2D eigenvalue weighted by Crippen LogP contribution is 2.24. The zero-order valence-electron chi connectivity index (χ0n) is 8.73.